The molecule has 126 valence electrons. The maximum Gasteiger partial charge on any atom is 0.573 e. The molecule has 0 bridgehead atoms. The second kappa shape index (κ2) is 5.99. The van der Waals surface area contributed by atoms with Crippen LogP contribution in [0.15, 0.2) is 51.5 Å². The van der Waals surface area contributed by atoms with E-state index in [0.29, 0.717) is 0 Å². The maximum absolute atomic E-state index is 12.3. The summed E-state index contributed by atoms with van der Waals surface area (Å²) < 4.78 is 41.0. The van der Waals surface area contributed by atoms with Crippen LogP contribution in [0.25, 0.3) is 0 Å². The molecule has 1 atom stereocenters. The van der Waals surface area contributed by atoms with Gasteiger partial charge in [-0.15, -0.1) is 24.9 Å². The molecule has 2 nitrogen and oxygen atoms in total. The number of aliphatic imine (C=N–C) groups is 1. The lowest BCUT2D eigenvalue weighted by Gasteiger charge is -2.30. The number of hydrogen-bond acceptors (Lipinski definition) is 3. The molecule has 3 aliphatic rings. The van der Waals surface area contributed by atoms with Crippen molar-refractivity contribution in [3.63, 3.8) is 0 Å². The third kappa shape index (κ3) is 2.99. The Morgan fingerprint density at radius 1 is 1.12 bits per heavy atom. The highest BCUT2D eigenvalue weighted by Gasteiger charge is 2.35. The predicted octanol–water partition coefficient (Wildman–Crippen LogP) is 5.58. The van der Waals surface area contributed by atoms with Gasteiger partial charge in [0.05, 0.1) is 5.70 Å². The molecule has 1 aromatic rings. The Bertz CT molecular complexity index is 747. The molecule has 0 aromatic heterocycles. The first-order valence-corrected chi connectivity index (χ1v) is 8.99. The smallest absolute Gasteiger partial charge is 0.406 e. The Morgan fingerprint density at radius 3 is 2.67 bits per heavy atom. The van der Waals surface area contributed by atoms with Crippen molar-refractivity contribution in [1.82, 2.24) is 0 Å². The van der Waals surface area contributed by atoms with Crippen LogP contribution < -0.4 is 4.74 Å². The van der Waals surface area contributed by atoms with E-state index in [1.165, 1.54) is 22.6 Å². The standard InChI is InChI=1S/C18H16F3NOS/c19-18(20,21)23-12-7-5-11(6-8-12)16-13-3-1-2-4-14(13)22-15-9-10-24-17(15)16/h3,5-8,16H,1-2,4,9-10H2. The summed E-state index contributed by atoms with van der Waals surface area (Å²) >= 11 is 1.82. The summed E-state index contributed by atoms with van der Waals surface area (Å²) in [5, 5.41) is 0. The first kappa shape index (κ1) is 15.8. The van der Waals surface area contributed by atoms with Gasteiger partial charge in [0, 0.05) is 22.3 Å². The molecule has 2 heterocycles. The van der Waals surface area contributed by atoms with Crippen LogP contribution in [0.2, 0.25) is 0 Å². The van der Waals surface area contributed by atoms with E-state index in [1.54, 1.807) is 12.1 Å². The Balaban J connectivity index is 1.69. The Kier molecular flexibility index (Phi) is 3.95. The van der Waals surface area contributed by atoms with Crippen LogP contribution in [0, 0.1) is 0 Å². The Hall–Kier alpha value is -1.69. The van der Waals surface area contributed by atoms with Crippen molar-refractivity contribution in [2.24, 2.45) is 4.99 Å². The molecule has 0 fully saturated rings. The number of thioether (sulfide) groups is 1. The lowest BCUT2D eigenvalue weighted by molar-refractivity contribution is -0.274. The summed E-state index contributed by atoms with van der Waals surface area (Å²) in [6, 6.07) is 6.29. The molecule has 0 amide bonds. The van der Waals surface area contributed by atoms with Crippen molar-refractivity contribution in [1.29, 1.82) is 0 Å². The lowest BCUT2D eigenvalue weighted by Crippen LogP contribution is -2.20. The number of rotatable bonds is 2. The monoisotopic (exact) mass is 351 g/mol. The highest BCUT2D eigenvalue weighted by Crippen LogP contribution is 2.50. The average Bonchev–Trinajstić information content (AvgIpc) is 3.00. The van der Waals surface area contributed by atoms with E-state index in [2.05, 4.69) is 10.8 Å². The topological polar surface area (TPSA) is 21.6 Å². The van der Waals surface area contributed by atoms with Crippen molar-refractivity contribution in [2.45, 2.75) is 38.0 Å². The number of alkyl halides is 3. The van der Waals surface area contributed by atoms with E-state index in [-0.39, 0.29) is 11.7 Å². The minimum atomic E-state index is -4.66. The van der Waals surface area contributed by atoms with Gasteiger partial charge in [0.2, 0.25) is 0 Å². The van der Waals surface area contributed by atoms with Gasteiger partial charge < -0.3 is 4.74 Å². The number of ether oxygens (including phenoxy) is 1. The molecule has 0 spiro atoms. The summed E-state index contributed by atoms with van der Waals surface area (Å²) in [6.45, 7) is 0. The third-order valence-electron chi connectivity index (χ3n) is 4.49. The summed E-state index contributed by atoms with van der Waals surface area (Å²) in [4.78, 5) is 6.10. The quantitative estimate of drug-likeness (QED) is 0.693. The molecule has 0 saturated heterocycles. The summed E-state index contributed by atoms with van der Waals surface area (Å²) in [7, 11) is 0. The number of nitrogens with zero attached hydrogens (tertiary/aromatic N) is 1. The largest absolute Gasteiger partial charge is 0.573 e. The number of benzene rings is 1. The molecule has 2 aliphatic heterocycles. The average molecular weight is 351 g/mol. The molecule has 1 aliphatic carbocycles. The fourth-order valence-corrected chi connectivity index (χ4v) is 4.78. The molecular weight excluding hydrogens is 335 g/mol. The molecule has 0 N–H and O–H groups in total. The summed E-state index contributed by atoms with van der Waals surface area (Å²) in [5.74, 6) is 0.961. The molecule has 6 heteroatoms. The SMILES string of the molecule is FC(F)(F)Oc1ccc(C2C3=CCCCC3=NC3=C2SCC3)cc1. The van der Waals surface area contributed by atoms with Crippen molar-refractivity contribution in [3.8, 4) is 5.75 Å². The lowest BCUT2D eigenvalue weighted by atomic mass is 9.80. The van der Waals surface area contributed by atoms with E-state index < -0.39 is 6.36 Å². The Labute approximate surface area is 142 Å². The first-order valence-electron chi connectivity index (χ1n) is 8.01. The molecule has 4 rings (SSSR count). The van der Waals surface area contributed by atoms with Crippen LogP contribution in [-0.4, -0.2) is 17.8 Å². The molecule has 1 unspecified atom stereocenters. The molecule has 0 saturated carbocycles. The van der Waals surface area contributed by atoms with E-state index in [1.807, 2.05) is 11.8 Å². The second-order valence-corrected chi connectivity index (χ2v) is 7.21. The van der Waals surface area contributed by atoms with Crippen molar-refractivity contribution >= 4 is 17.5 Å². The predicted molar refractivity (Wildman–Crippen MR) is 89.3 cm³/mol. The van der Waals surface area contributed by atoms with Gasteiger partial charge in [-0.05, 0) is 49.0 Å². The number of hydrogen-bond donors (Lipinski definition) is 0. The van der Waals surface area contributed by atoms with E-state index in [4.69, 9.17) is 4.99 Å². The van der Waals surface area contributed by atoms with Crippen molar-refractivity contribution in [3.05, 3.63) is 52.1 Å². The van der Waals surface area contributed by atoms with Crippen LogP contribution in [0.3, 0.4) is 0 Å². The normalized spacial score (nSPS) is 23.4. The summed E-state index contributed by atoms with van der Waals surface area (Å²) in [5.41, 5.74) is 4.56. The highest BCUT2D eigenvalue weighted by molar-refractivity contribution is 8.03. The molecule has 1 aromatic carbocycles. The van der Waals surface area contributed by atoms with E-state index in [0.717, 1.165) is 48.4 Å². The van der Waals surface area contributed by atoms with Crippen molar-refractivity contribution < 1.29 is 17.9 Å². The molecule has 24 heavy (non-hydrogen) atoms. The van der Waals surface area contributed by atoms with Gasteiger partial charge in [-0.3, -0.25) is 4.99 Å². The zero-order valence-electron chi connectivity index (χ0n) is 12.9. The van der Waals surface area contributed by atoms with Crippen LogP contribution in [-0.2, 0) is 0 Å². The van der Waals surface area contributed by atoms with Crippen LogP contribution >= 0.6 is 11.8 Å². The van der Waals surface area contributed by atoms with Gasteiger partial charge in [0.15, 0.2) is 0 Å². The van der Waals surface area contributed by atoms with Gasteiger partial charge in [-0.25, -0.2) is 0 Å². The zero-order valence-corrected chi connectivity index (χ0v) is 13.7. The number of allylic oxidation sites excluding steroid dienone is 4. The highest BCUT2D eigenvalue weighted by atomic mass is 32.2. The van der Waals surface area contributed by atoms with Crippen LogP contribution in [0.5, 0.6) is 5.75 Å². The van der Waals surface area contributed by atoms with Gasteiger partial charge in [0.25, 0.3) is 0 Å². The zero-order chi connectivity index (χ0) is 16.7. The van der Waals surface area contributed by atoms with Gasteiger partial charge in [-0.1, -0.05) is 18.2 Å². The third-order valence-corrected chi connectivity index (χ3v) is 5.68. The minimum absolute atomic E-state index is 0.111. The second-order valence-electron chi connectivity index (χ2n) is 6.07. The van der Waals surface area contributed by atoms with Crippen LogP contribution in [0.1, 0.15) is 37.2 Å². The van der Waals surface area contributed by atoms with Gasteiger partial charge in [-0.2, -0.15) is 0 Å². The van der Waals surface area contributed by atoms with E-state index >= 15 is 0 Å². The maximum atomic E-state index is 12.3. The Morgan fingerprint density at radius 2 is 1.92 bits per heavy atom. The fraction of sp³-hybridized carbons (Fsp3) is 0.389. The first-order chi connectivity index (χ1) is 11.5. The number of fused-ring (bicyclic) bond motifs is 1. The van der Waals surface area contributed by atoms with Crippen LogP contribution in [0.4, 0.5) is 13.2 Å². The number of halogens is 3. The fourth-order valence-electron chi connectivity index (χ4n) is 3.52. The summed E-state index contributed by atoms with van der Waals surface area (Å²) in [6.07, 6.45) is 1.70. The van der Waals surface area contributed by atoms with E-state index in [9.17, 15) is 13.2 Å². The van der Waals surface area contributed by atoms with Gasteiger partial charge in [0.1, 0.15) is 5.75 Å². The van der Waals surface area contributed by atoms with Crippen molar-refractivity contribution in [2.75, 3.05) is 5.75 Å². The minimum Gasteiger partial charge on any atom is -0.406 e. The van der Waals surface area contributed by atoms with Gasteiger partial charge >= 0.3 is 6.36 Å². The molecular formula is C18H16F3NOS. The molecule has 0 radical (unpaired) electrons.